The van der Waals surface area contributed by atoms with Gasteiger partial charge >= 0.3 is 5.24 Å². The van der Waals surface area contributed by atoms with Gasteiger partial charge in [0.25, 0.3) is 0 Å². The van der Waals surface area contributed by atoms with E-state index in [0.29, 0.717) is 23.9 Å². The largest absolute Gasteiger partial charge is 0.452 e. The van der Waals surface area contributed by atoms with Crippen LogP contribution in [0.3, 0.4) is 0 Å². The molecule has 0 unspecified atom stereocenters. The van der Waals surface area contributed by atoms with E-state index in [9.17, 15) is 4.79 Å². The van der Waals surface area contributed by atoms with E-state index in [4.69, 9.17) is 21.7 Å². The number of ether oxygens (including phenoxy) is 2. The van der Waals surface area contributed by atoms with Crippen LogP contribution in [0.15, 0.2) is 24.3 Å². The predicted octanol–water partition coefficient (Wildman–Crippen LogP) is 5.24. The second kappa shape index (κ2) is 5.79. The molecule has 0 aliphatic heterocycles. The molecule has 1 aromatic rings. The van der Waals surface area contributed by atoms with E-state index in [1.807, 2.05) is 31.2 Å². The molecule has 4 atom stereocenters. The van der Waals surface area contributed by atoms with Gasteiger partial charge in [0.15, 0.2) is 0 Å². The van der Waals surface area contributed by atoms with Gasteiger partial charge in [-0.3, -0.25) is 4.79 Å². The summed E-state index contributed by atoms with van der Waals surface area (Å²) >= 11 is 5.40. The molecule has 1 spiro atoms. The number of aryl methyl sites for hydroxylation is 1. The molecule has 4 heteroatoms. The Morgan fingerprint density at radius 3 is 2.54 bits per heavy atom. The Kier molecular flexibility index (Phi) is 4.00. The van der Waals surface area contributed by atoms with Crippen molar-refractivity contribution in [2.45, 2.75) is 65.9 Å². The third-order valence-electron chi connectivity index (χ3n) is 7.39. The van der Waals surface area contributed by atoms with Crippen molar-refractivity contribution in [2.75, 3.05) is 0 Å². The van der Waals surface area contributed by atoms with Crippen molar-refractivity contribution in [2.24, 2.45) is 22.2 Å². The highest BCUT2D eigenvalue weighted by Gasteiger charge is 2.75. The Hall–Kier alpha value is -1.42. The first-order chi connectivity index (χ1) is 12.2. The Morgan fingerprint density at radius 2 is 1.85 bits per heavy atom. The zero-order valence-corrected chi connectivity index (χ0v) is 16.9. The van der Waals surface area contributed by atoms with E-state index >= 15 is 0 Å². The summed E-state index contributed by atoms with van der Waals surface area (Å²) in [5.74, 6) is 1.44. The quantitative estimate of drug-likeness (QED) is 0.665. The highest BCUT2D eigenvalue weighted by molar-refractivity contribution is 7.79. The molecule has 4 rings (SSSR count). The fourth-order valence-corrected chi connectivity index (χ4v) is 6.92. The van der Waals surface area contributed by atoms with Crippen LogP contribution in [0.1, 0.15) is 58.4 Å². The molecule has 3 fully saturated rings. The van der Waals surface area contributed by atoms with Crippen molar-refractivity contribution in [3.63, 3.8) is 0 Å². The summed E-state index contributed by atoms with van der Waals surface area (Å²) in [6, 6.07) is 7.76. The van der Waals surface area contributed by atoms with Gasteiger partial charge in [-0.15, -0.1) is 0 Å². The van der Waals surface area contributed by atoms with E-state index < -0.39 is 5.41 Å². The van der Waals surface area contributed by atoms with Crippen LogP contribution in [0, 0.1) is 29.1 Å². The van der Waals surface area contributed by atoms with Crippen molar-refractivity contribution in [3.05, 3.63) is 29.8 Å². The number of hydrogen-bond acceptors (Lipinski definition) is 4. The lowest BCUT2D eigenvalue weighted by Gasteiger charge is -2.40. The van der Waals surface area contributed by atoms with E-state index in [2.05, 4.69) is 20.8 Å². The summed E-state index contributed by atoms with van der Waals surface area (Å²) in [5, 5.41) is 0.139. The lowest BCUT2D eigenvalue weighted by molar-refractivity contribution is -0.138. The van der Waals surface area contributed by atoms with Gasteiger partial charge in [0.1, 0.15) is 17.6 Å². The lowest BCUT2D eigenvalue weighted by atomic mass is 9.64. The first-order valence-electron chi connectivity index (χ1n) is 9.67. The Bertz CT molecular complexity index is 753. The molecule has 3 aliphatic carbocycles. The molecule has 3 aliphatic rings. The van der Waals surface area contributed by atoms with Crippen molar-refractivity contribution in [1.29, 1.82) is 0 Å². The molecule has 3 saturated carbocycles. The van der Waals surface area contributed by atoms with Gasteiger partial charge in [-0.05, 0) is 61.5 Å². The van der Waals surface area contributed by atoms with E-state index in [1.54, 1.807) is 0 Å². The van der Waals surface area contributed by atoms with Gasteiger partial charge in [0.2, 0.25) is 0 Å². The zero-order chi connectivity index (χ0) is 18.7. The third kappa shape index (κ3) is 2.37. The minimum Gasteiger partial charge on any atom is -0.452 e. The molecule has 0 aromatic heterocycles. The summed E-state index contributed by atoms with van der Waals surface area (Å²) in [6.07, 6.45) is 4.49. The first-order valence-corrected chi connectivity index (χ1v) is 10.1. The highest BCUT2D eigenvalue weighted by atomic mass is 32.1. The Labute approximate surface area is 161 Å². The first kappa shape index (κ1) is 18.0. The summed E-state index contributed by atoms with van der Waals surface area (Å²) in [6.45, 7) is 8.97. The zero-order valence-electron chi connectivity index (χ0n) is 16.1. The summed E-state index contributed by atoms with van der Waals surface area (Å²) in [4.78, 5) is 13.2. The van der Waals surface area contributed by atoms with Crippen LogP contribution in [0.4, 0.5) is 0 Å². The molecular weight excluding hydrogens is 344 g/mol. The highest BCUT2D eigenvalue weighted by Crippen LogP contribution is 2.75. The molecule has 0 N–H and O–H groups in total. The minimum absolute atomic E-state index is 0.0128. The predicted molar refractivity (Wildman–Crippen MR) is 105 cm³/mol. The van der Waals surface area contributed by atoms with Crippen LogP contribution in [0.2, 0.25) is 0 Å². The fourth-order valence-electron chi connectivity index (χ4n) is 6.70. The van der Waals surface area contributed by atoms with Crippen LogP contribution in [0.5, 0.6) is 5.75 Å². The monoisotopic (exact) mass is 372 g/mol. The second-order valence-corrected chi connectivity index (χ2v) is 9.75. The smallest absolute Gasteiger partial charge is 0.358 e. The van der Waals surface area contributed by atoms with Gasteiger partial charge in [0, 0.05) is 18.6 Å². The molecule has 0 saturated heterocycles. The third-order valence-corrected chi connectivity index (χ3v) is 7.57. The van der Waals surface area contributed by atoms with E-state index in [1.165, 1.54) is 5.56 Å². The fraction of sp³-hybridized carbons (Fsp3) is 0.636. The van der Waals surface area contributed by atoms with Gasteiger partial charge in [-0.2, -0.15) is 0 Å². The summed E-state index contributed by atoms with van der Waals surface area (Å²) < 4.78 is 11.9. The van der Waals surface area contributed by atoms with Crippen LogP contribution in [-0.2, 0) is 9.53 Å². The van der Waals surface area contributed by atoms with Gasteiger partial charge in [-0.25, -0.2) is 0 Å². The molecule has 140 valence electrons. The molecule has 26 heavy (non-hydrogen) atoms. The molecule has 0 amide bonds. The standard InChI is InChI=1S/C22H28O3S/c1-14-5-7-15(8-6-14)24-19(26)25-18-11-12-21(4)13-20(2,3)16-9-10-17(23)22(16,18)21/h5-8,16,18H,9-13H2,1-4H3/t16-,18+,21-,22-/m1/s1. The number of carbonyl (C=O) groups is 1. The van der Waals surface area contributed by atoms with Crippen LogP contribution in [0.25, 0.3) is 0 Å². The van der Waals surface area contributed by atoms with Crippen molar-refractivity contribution in [3.8, 4) is 5.75 Å². The van der Waals surface area contributed by atoms with Gasteiger partial charge in [0.05, 0.1) is 5.41 Å². The lowest BCUT2D eigenvalue weighted by Crippen LogP contribution is -2.48. The van der Waals surface area contributed by atoms with Gasteiger partial charge < -0.3 is 9.47 Å². The van der Waals surface area contributed by atoms with Crippen molar-refractivity contribution < 1.29 is 14.3 Å². The normalized spacial score (nSPS) is 37.3. The minimum atomic E-state index is -0.392. The van der Waals surface area contributed by atoms with Crippen LogP contribution in [-0.4, -0.2) is 17.1 Å². The number of carbonyl (C=O) groups excluding carboxylic acids is 1. The Morgan fingerprint density at radius 1 is 1.15 bits per heavy atom. The topological polar surface area (TPSA) is 35.5 Å². The maximum absolute atomic E-state index is 13.2. The molecule has 0 heterocycles. The average Bonchev–Trinajstić information content (AvgIpc) is 3.10. The van der Waals surface area contributed by atoms with Crippen LogP contribution >= 0.6 is 12.2 Å². The molecular formula is C22H28O3S. The average molecular weight is 373 g/mol. The maximum Gasteiger partial charge on any atom is 0.358 e. The van der Waals surface area contributed by atoms with Crippen molar-refractivity contribution >= 4 is 23.2 Å². The maximum atomic E-state index is 13.2. The van der Waals surface area contributed by atoms with Crippen LogP contribution < -0.4 is 4.74 Å². The van der Waals surface area contributed by atoms with Crippen molar-refractivity contribution in [1.82, 2.24) is 0 Å². The number of rotatable bonds is 2. The number of Topliss-reactive ketones (excluding diaryl/α,β-unsaturated/α-hetero) is 1. The van der Waals surface area contributed by atoms with E-state index in [-0.39, 0.29) is 22.2 Å². The number of ketones is 1. The molecule has 1 aromatic carbocycles. The second-order valence-electron chi connectivity index (χ2n) is 9.42. The number of hydrogen-bond donors (Lipinski definition) is 0. The van der Waals surface area contributed by atoms with Gasteiger partial charge in [-0.1, -0.05) is 38.5 Å². The Balaban J connectivity index is 1.58. The number of thiocarbonyl (C=S) groups is 1. The summed E-state index contributed by atoms with van der Waals surface area (Å²) in [7, 11) is 0. The summed E-state index contributed by atoms with van der Waals surface area (Å²) in [5.41, 5.74) is 0.959. The number of benzene rings is 1. The molecule has 0 radical (unpaired) electrons. The molecule has 3 nitrogen and oxygen atoms in total. The van der Waals surface area contributed by atoms with E-state index in [0.717, 1.165) is 25.7 Å². The SMILES string of the molecule is Cc1ccc(OC(=S)O[C@H]2CC[C@]3(C)CC(C)(C)[C@H]4CCC(=O)[C@@]243)cc1. The molecule has 0 bridgehead atoms.